The third-order valence-electron chi connectivity index (χ3n) is 7.21. The summed E-state index contributed by atoms with van der Waals surface area (Å²) in [5, 5.41) is 33.4. The maximum atomic E-state index is 12.4. The molecule has 0 aliphatic carbocycles. The van der Waals surface area contributed by atoms with E-state index in [0.29, 0.717) is 19.1 Å². The van der Waals surface area contributed by atoms with Gasteiger partial charge in [0.25, 0.3) is 0 Å². The van der Waals surface area contributed by atoms with Gasteiger partial charge in [0, 0.05) is 32.3 Å². The number of carbonyl (C=O) groups is 1. The smallest absolute Gasteiger partial charge is 0.394 e. The van der Waals surface area contributed by atoms with Crippen molar-refractivity contribution >= 4 is 5.91 Å². The molecule has 37 heavy (non-hydrogen) atoms. The minimum atomic E-state index is -1.26. The van der Waals surface area contributed by atoms with Gasteiger partial charge in [-0.05, 0) is 25.7 Å². The van der Waals surface area contributed by atoms with Crippen LogP contribution in [0.4, 0.5) is 0 Å². The molecule has 3 aliphatic heterocycles. The van der Waals surface area contributed by atoms with Gasteiger partial charge in [0.05, 0.1) is 25.4 Å². The van der Waals surface area contributed by atoms with Gasteiger partial charge in [-0.25, -0.2) is 0 Å². The Morgan fingerprint density at radius 3 is 2.32 bits per heavy atom. The van der Waals surface area contributed by atoms with E-state index < -0.39 is 36.7 Å². The average Bonchev–Trinajstić information content (AvgIpc) is 2.87. The molecule has 6 unspecified atom stereocenters. The van der Waals surface area contributed by atoms with Crippen LogP contribution in [-0.4, -0.2) is 103 Å². The predicted molar refractivity (Wildman–Crippen MR) is 131 cm³/mol. The number of unbranched alkanes of at least 4 members (excludes halogenated alkanes) is 6. The molecule has 3 heterocycles. The number of carbonyl (C=O) groups excluding carboxylic acids is 1. The third-order valence-corrected chi connectivity index (χ3v) is 7.21. The van der Waals surface area contributed by atoms with Gasteiger partial charge in [-0.1, -0.05) is 32.1 Å². The van der Waals surface area contributed by atoms with Gasteiger partial charge in [-0.15, -0.1) is 0 Å². The van der Waals surface area contributed by atoms with Crippen LogP contribution < -0.4 is 74.2 Å². The fourth-order valence-electron chi connectivity index (χ4n) is 4.76. The number of hydrogen-bond donors (Lipinski definition) is 4. The number of amides is 1. The number of aliphatic hydroxyl groups excluding tert-OH is 3. The zero-order chi connectivity index (χ0) is 25.8. The summed E-state index contributed by atoms with van der Waals surface area (Å²) in [4.78, 5) is 12.4. The number of rotatable bonds is 17. The van der Waals surface area contributed by atoms with Crippen LogP contribution in [0.5, 0.6) is 0 Å². The van der Waals surface area contributed by atoms with Crippen LogP contribution in [0.15, 0.2) is 0 Å². The van der Waals surface area contributed by atoms with Crippen molar-refractivity contribution in [2.75, 3.05) is 33.0 Å². The van der Waals surface area contributed by atoms with Gasteiger partial charge in [0.15, 0.2) is 6.29 Å². The Bertz CT molecular complexity index is 625. The normalized spacial score (nSPS) is 29.5. The summed E-state index contributed by atoms with van der Waals surface area (Å²) >= 11 is 0. The molecule has 10 nitrogen and oxygen atoms in total. The molecule has 0 spiro atoms. The largest absolute Gasteiger partial charge is 1.00 e. The van der Waals surface area contributed by atoms with Crippen LogP contribution in [-0.2, 0) is 28.5 Å². The van der Waals surface area contributed by atoms with Crippen LogP contribution in [0.1, 0.15) is 70.6 Å². The van der Waals surface area contributed by atoms with Gasteiger partial charge in [-0.3, -0.25) is 4.79 Å². The van der Waals surface area contributed by atoms with Crippen molar-refractivity contribution in [3.8, 4) is 0 Å². The van der Waals surface area contributed by atoms with Crippen molar-refractivity contribution in [2.24, 2.45) is 0 Å². The first kappa shape index (κ1) is 34.4. The fourth-order valence-corrected chi connectivity index (χ4v) is 4.76. The van der Waals surface area contributed by atoms with Gasteiger partial charge in [-0.2, -0.15) is 6.42 Å². The van der Waals surface area contributed by atoms with Crippen LogP contribution in [0.3, 0.4) is 0 Å². The minimum absolute atomic E-state index is 0. The molecule has 4 N–H and O–H groups in total. The van der Waals surface area contributed by atoms with Crippen LogP contribution in [0.25, 0.3) is 0 Å². The van der Waals surface area contributed by atoms with Gasteiger partial charge < -0.3 is 51.2 Å². The summed E-state index contributed by atoms with van der Waals surface area (Å²) in [6.45, 7) is 6.44. The van der Waals surface area contributed by atoms with Gasteiger partial charge >= 0.3 is 68.9 Å². The van der Waals surface area contributed by atoms with Crippen molar-refractivity contribution < 1.29 is 113 Å². The van der Waals surface area contributed by atoms with Crippen LogP contribution in [0, 0.1) is 6.92 Å². The monoisotopic (exact) mass is 649 g/mol. The fraction of sp³-hybridized carbons (Fsp3) is 0.923. The van der Waals surface area contributed by atoms with Crippen molar-refractivity contribution in [3.63, 3.8) is 0 Å². The summed E-state index contributed by atoms with van der Waals surface area (Å²) in [5.74, 6) is -0.154. The molecule has 0 aromatic carbocycles. The van der Waals surface area contributed by atoms with Crippen molar-refractivity contribution in [3.05, 3.63) is 6.92 Å². The second-order valence-electron chi connectivity index (χ2n) is 10.1. The summed E-state index contributed by atoms with van der Waals surface area (Å²) in [5.41, 5.74) is 0. The molecule has 7 atom stereocenters. The predicted octanol–water partition coefficient (Wildman–Crippen LogP) is -1.76. The molecule has 3 rings (SSSR count). The molecule has 3 aliphatic rings. The van der Waals surface area contributed by atoms with Crippen molar-refractivity contribution in [1.29, 1.82) is 0 Å². The first-order chi connectivity index (χ1) is 17.5. The van der Waals surface area contributed by atoms with E-state index >= 15 is 0 Å². The Kier molecular flexibility index (Phi) is 18.0. The van der Waals surface area contributed by atoms with Crippen molar-refractivity contribution in [2.45, 2.75) is 120 Å². The Hall–Kier alpha value is 1.20. The molecular weight excluding hydrogens is 603 g/mol. The third kappa shape index (κ3) is 11.9. The Morgan fingerprint density at radius 2 is 1.68 bits per heavy atom. The first-order valence-electron chi connectivity index (χ1n) is 13.7. The van der Waals surface area contributed by atoms with Crippen LogP contribution >= 0.6 is 0 Å². The number of nitrogens with one attached hydrogen (secondary N) is 1. The molecule has 3 fully saturated rings. The number of hydrogen-bond acceptors (Lipinski definition) is 9. The molecule has 0 radical (unpaired) electrons. The second-order valence-corrected chi connectivity index (χ2v) is 10.1. The zero-order valence-corrected chi connectivity index (χ0v) is 28.7. The van der Waals surface area contributed by atoms with E-state index in [0.717, 1.165) is 64.8 Å². The molecule has 0 aromatic heterocycles. The molecule has 0 aromatic rings. The average molecular weight is 650 g/mol. The molecule has 0 bridgehead atoms. The maximum absolute atomic E-state index is 12.4. The Morgan fingerprint density at radius 1 is 1.00 bits per heavy atom. The van der Waals surface area contributed by atoms with Gasteiger partial charge in [0.2, 0.25) is 5.91 Å². The van der Waals surface area contributed by atoms with E-state index in [1.165, 1.54) is 12.8 Å². The molecule has 3 saturated heterocycles. The standard InChI is InChI=1S/C26H46NO9.Cs/c1-2-20(28)19(16-35-26-24(31)23(30)25-21(36-26)17-34-25)27-22(29)10-8-6-4-3-5-7-9-13-33-18-11-14-32-15-12-18;/h18-21,23-26,28,30-31H,1-17H2,(H,27,29);/q-1;+1/t19-,20?,21?,23?,24?,25?,26?;/m0./s1. The topological polar surface area (TPSA) is 136 Å². The van der Waals surface area contributed by atoms with E-state index in [9.17, 15) is 20.1 Å². The van der Waals surface area contributed by atoms with E-state index in [2.05, 4.69) is 12.2 Å². The molecule has 1 amide bonds. The summed E-state index contributed by atoms with van der Waals surface area (Å²) < 4.78 is 27.7. The number of aliphatic hydroxyl groups is 3. The van der Waals surface area contributed by atoms with Crippen LogP contribution in [0.2, 0.25) is 0 Å². The number of fused-ring (bicyclic) bond motifs is 1. The SMILES string of the molecule is [CH2-]CC(O)[C@H](COC1OC2COC2C(O)C1O)NC(=O)CCCCCCCCCOC1CCOCC1.[Cs+]. The second kappa shape index (κ2) is 19.3. The van der Waals surface area contributed by atoms with E-state index in [1.54, 1.807) is 0 Å². The summed E-state index contributed by atoms with van der Waals surface area (Å²) in [7, 11) is 0. The zero-order valence-electron chi connectivity index (χ0n) is 22.4. The maximum Gasteiger partial charge on any atom is 1.00 e. The molecule has 210 valence electrons. The number of ether oxygens (including phenoxy) is 5. The van der Waals surface area contributed by atoms with Gasteiger partial charge in [0.1, 0.15) is 24.4 Å². The van der Waals surface area contributed by atoms with E-state index in [1.807, 2.05) is 0 Å². The summed E-state index contributed by atoms with van der Waals surface area (Å²) in [6, 6.07) is -0.679. The van der Waals surface area contributed by atoms with E-state index in [-0.39, 0.29) is 93.9 Å². The molecule has 0 saturated carbocycles. The molecular formula is C26H46CsNO9. The molecule has 11 heteroatoms. The van der Waals surface area contributed by atoms with Crippen molar-refractivity contribution in [1.82, 2.24) is 5.32 Å². The minimum Gasteiger partial charge on any atom is -0.394 e. The Labute approximate surface area is 280 Å². The first-order valence-corrected chi connectivity index (χ1v) is 13.7. The quantitative estimate of drug-likeness (QED) is 0.107. The summed E-state index contributed by atoms with van der Waals surface area (Å²) in [6.07, 6.45) is 5.23. The van der Waals surface area contributed by atoms with E-state index in [4.69, 9.17) is 23.7 Å². The Balaban J connectivity index is 0.00000481.